The number of nitrogens with one attached hydrogen (secondary N) is 1. The first kappa shape index (κ1) is 13.9. The largest absolute Gasteiger partial charge is 0.369 e. The second-order valence-electron chi connectivity index (χ2n) is 4.40. The second-order valence-corrected chi connectivity index (χ2v) is 4.76. The molecule has 0 aliphatic rings. The van der Waals surface area contributed by atoms with Gasteiger partial charge in [-0.2, -0.15) is 0 Å². The van der Waals surface area contributed by atoms with Gasteiger partial charge >= 0.3 is 0 Å². The molecule has 1 heterocycles. The summed E-state index contributed by atoms with van der Waals surface area (Å²) in [5, 5.41) is 3.34. The van der Waals surface area contributed by atoms with Gasteiger partial charge in [-0.15, -0.1) is 0 Å². The summed E-state index contributed by atoms with van der Waals surface area (Å²) in [6, 6.07) is 0. The van der Waals surface area contributed by atoms with Gasteiger partial charge in [0.2, 0.25) is 0 Å². The molecule has 0 radical (unpaired) electrons. The lowest BCUT2D eigenvalue weighted by Crippen LogP contribution is -2.09. The van der Waals surface area contributed by atoms with Crippen molar-refractivity contribution in [1.29, 1.82) is 0 Å². The number of aldehydes is 1. The van der Waals surface area contributed by atoms with Crippen LogP contribution in [0.5, 0.6) is 0 Å². The van der Waals surface area contributed by atoms with Gasteiger partial charge in [-0.3, -0.25) is 4.79 Å². The van der Waals surface area contributed by atoms with E-state index in [-0.39, 0.29) is 5.15 Å². The standard InChI is InChI=1S/C12H18ClN3O/c1-8(2)5-4-6-14-12-10(7-17)11(13)15-9(3)16-12/h7-8H,4-6H2,1-3H3,(H,14,15,16). The van der Waals surface area contributed by atoms with Gasteiger partial charge in [-0.25, -0.2) is 9.97 Å². The van der Waals surface area contributed by atoms with Crippen molar-refractivity contribution in [3.8, 4) is 0 Å². The Kier molecular flexibility index (Phi) is 5.35. The summed E-state index contributed by atoms with van der Waals surface area (Å²) in [7, 11) is 0. The van der Waals surface area contributed by atoms with Crippen molar-refractivity contribution in [2.45, 2.75) is 33.6 Å². The van der Waals surface area contributed by atoms with E-state index in [1.807, 2.05) is 0 Å². The summed E-state index contributed by atoms with van der Waals surface area (Å²) in [6.07, 6.45) is 2.87. The smallest absolute Gasteiger partial charge is 0.156 e. The Bertz CT molecular complexity index is 394. The quantitative estimate of drug-likeness (QED) is 0.482. The number of aryl methyl sites for hydroxylation is 1. The van der Waals surface area contributed by atoms with E-state index in [4.69, 9.17) is 11.6 Å². The van der Waals surface area contributed by atoms with Crippen LogP contribution in [0.3, 0.4) is 0 Å². The Morgan fingerprint density at radius 2 is 2.12 bits per heavy atom. The second kappa shape index (κ2) is 6.55. The molecular formula is C12H18ClN3O. The normalized spacial score (nSPS) is 10.6. The molecule has 1 N–H and O–H groups in total. The average Bonchev–Trinajstić information content (AvgIpc) is 2.23. The molecule has 94 valence electrons. The van der Waals surface area contributed by atoms with Crippen molar-refractivity contribution < 1.29 is 4.79 Å². The van der Waals surface area contributed by atoms with E-state index in [0.717, 1.165) is 19.4 Å². The molecule has 0 amide bonds. The van der Waals surface area contributed by atoms with E-state index >= 15 is 0 Å². The minimum absolute atomic E-state index is 0.207. The number of rotatable bonds is 6. The van der Waals surface area contributed by atoms with Gasteiger partial charge in [0, 0.05) is 6.54 Å². The third kappa shape index (κ3) is 4.30. The number of carbonyl (C=O) groups is 1. The SMILES string of the molecule is Cc1nc(Cl)c(C=O)c(NCCCC(C)C)n1. The molecule has 5 heteroatoms. The Balaban J connectivity index is 2.66. The highest BCUT2D eigenvalue weighted by atomic mass is 35.5. The maximum atomic E-state index is 10.9. The molecule has 0 aromatic carbocycles. The van der Waals surface area contributed by atoms with Gasteiger partial charge in [-0.1, -0.05) is 25.4 Å². The Morgan fingerprint density at radius 3 is 2.71 bits per heavy atom. The molecule has 0 saturated heterocycles. The Morgan fingerprint density at radius 1 is 1.41 bits per heavy atom. The lowest BCUT2D eigenvalue weighted by molar-refractivity contribution is 0.112. The number of nitrogens with zero attached hydrogens (tertiary/aromatic N) is 2. The maximum absolute atomic E-state index is 10.9. The van der Waals surface area contributed by atoms with Gasteiger partial charge in [0.1, 0.15) is 16.8 Å². The highest BCUT2D eigenvalue weighted by molar-refractivity contribution is 6.32. The Hall–Kier alpha value is -1.16. The minimum Gasteiger partial charge on any atom is -0.369 e. The Labute approximate surface area is 107 Å². The van der Waals surface area contributed by atoms with Crippen molar-refractivity contribution in [3.63, 3.8) is 0 Å². The fourth-order valence-electron chi connectivity index (χ4n) is 1.50. The zero-order valence-electron chi connectivity index (χ0n) is 10.5. The number of aromatic nitrogens is 2. The third-order valence-corrected chi connectivity index (χ3v) is 2.67. The van der Waals surface area contributed by atoms with E-state index in [9.17, 15) is 4.79 Å². The molecule has 0 aliphatic heterocycles. The van der Waals surface area contributed by atoms with E-state index < -0.39 is 0 Å². The maximum Gasteiger partial charge on any atom is 0.156 e. The molecule has 0 atom stereocenters. The van der Waals surface area contributed by atoms with Crippen molar-refractivity contribution in [2.24, 2.45) is 5.92 Å². The number of carbonyl (C=O) groups excluding carboxylic acids is 1. The predicted molar refractivity (Wildman–Crippen MR) is 69.7 cm³/mol. The minimum atomic E-state index is 0.207. The van der Waals surface area contributed by atoms with E-state index in [2.05, 4.69) is 29.1 Å². The summed E-state index contributed by atoms with van der Waals surface area (Å²) < 4.78 is 0. The number of hydrogen-bond acceptors (Lipinski definition) is 4. The van der Waals surface area contributed by atoms with Gasteiger partial charge in [0.05, 0.1) is 5.56 Å². The van der Waals surface area contributed by atoms with Gasteiger partial charge < -0.3 is 5.32 Å². The molecule has 1 aromatic rings. The monoisotopic (exact) mass is 255 g/mol. The lowest BCUT2D eigenvalue weighted by atomic mass is 10.1. The van der Waals surface area contributed by atoms with Crippen LogP contribution in [0.4, 0.5) is 5.82 Å². The van der Waals surface area contributed by atoms with Crippen LogP contribution in [0, 0.1) is 12.8 Å². The molecule has 4 nitrogen and oxygen atoms in total. The predicted octanol–water partition coefficient (Wildman–Crippen LogP) is 3.10. The van der Waals surface area contributed by atoms with E-state index in [1.54, 1.807) is 6.92 Å². The van der Waals surface area contributed by atoms with Crippen LogP contribution in [-0.4, -0.2) is 22.8 Å². The van der Waals surface area contributed by atoms with Crippen LogP contribution < -0.4 is 5.32 Å². The highest BCUT2D eigenvalue weighted by Crippen LogP contribution is 2.19. The van der Waals surface area contributed by atoms with Crippen LogP contribution in [0.25, 0.3) is 0 Å². The van der Waals surface area contributed by atoms with Gasteiger partial charge in [0.15, 0.2) is 6.29 Å². The molecule has 0 bridgehead atoms. The average molecular weight is 256 g/mol. The first-order valence-corrected chi connectivity index (χ1v) is 6.15. The topological polar surface area (TPSA) is 54.9 Å². The molecule has 0 fully saturated rings. The number of hydrogen-bond donors (Lipinski definition) is 1. The highest BCUT2D eigenvalue weighted by Gasteiger charge is 2.10. The lowest BCUT2D eigenvalue weighted by Gasteiger charge is -2.10. The fourth-order valence-corrected chi connectivity index (χ4v) is 1.76. The summed E-state index contributed by atoms with van der Waals surface area (Å²) in [4.78, 5) is 19.0. The van der Waals surface area contributed by atoms with Crippen LogP contribution in [0.15, 0.2) is 0 Å². The summed E-state index contributed by atoms with van der Waals surface area (Å²) in [5.74, 6) is 1.77. The first-order chi connectivity index (χ1) is 8.04. The zero-order chi connectivity index (χ0) is 12.8. The molecular weight excluding hydrogens is 238 g/mol. The molecule has 0 saturated carbocycles. The van der Waals surface area contributed by atoms with Gasteiger partial charge in [0.25, 0.3) is 0 Å². The molecule has 1 aromatic heterocycles. The van der Waals surface area contributed by atoms with Crippen molar-refractivity contribution >= 4 is 23.7 Å². The zero-order valence-corrected chi connectivity index (χ0v) is 11.2. The molecule has 0 unspecified atom stereocenters. The summed E-state index contributed by atoms with van der Waals surface area (Å²) >= 11 is 5.88. The number of anilines is 1. The fraction of sp³-hybridized carbons (Fsp3) is 0.583. The van der Waals surface area contributed by atoms with E-state index in [1.165, 1.54) is 0 Å². The number of halogens is 1. The molecule has 0 spiro atoms. The van der Waals surface area contributed by atoms with Crippen LogP contribution >= 0.6 is 11.6 Å². The van der Waals surface area contributed by atoms with Gasteiger partial charge in [-0.05, 0) is 25.7 Å². The van der Waals surface area contributed by atoms with Crippen LogP contribution in [0.2, 0.25) is 5.15 Å². The summed E-state index contributed by atoms with van der Waals surface area (Å²) in [5.41, 5.74) is 0.335. The van der Waals surface area contributed by atoms with Crippen molar-refractivity contribution in [3.05, 3.63) is 16.5 Å². The van der Waals surface area contributed by atoms with Crippen LogP contribution in [-0.2, 0) is 0 Å². The van der Waals surface area contributed by atoms with E-state index in [0.29, 0.717) is 29.4 Å². The van der Waals surface area contributed by atoms with Crippen LogP contribution in [0.1, 0.15) is 42.9 Å². The summed E-state index contributed by atoms with van der Waals surface area (Å²) in [6.45, 7) is 6.90. The molecule has 1 rings (SSSR count). The third-order valence-electron chi connectivity index (χ3n) is 2.38. The van der Waals surface area contributed by atoms with Crippen molar-refractivity contribution in [2.75, 3.05) is 11.9 Å². The molecule has 0 aliphatic carbocycles. The first-order valence-electron chi connectivity index (χ1n) is 5.77. The molecule has 17 heavy (non-hydrogen) atoms. The van der Waals surface area contributed by atoms with Crippen molar-refractivity contribution in [1.82, 2.24) is 9.97 Å².